The molecule has 0 aliphatic rings. The molecule has 0 aliphatic heterocycles. The number of nitrogens with one attached hydrogen (secondary N) is 1. The van der Waals surface area contributed by atoms with Crippen LogP contribution in [0, 0.1) is 0 Å². The van der Waals surface area contributed by atoms with Crippen LogP contribution in [0.3, 0.4) is 0 Å². The minimum atomic E-state index is 0.788. The Labute approximate surface area is 156 Å². The lowest BCUT2D eigenvalue weighted by molar-refractivity contribution is 0.561. The summed E-state index contributed by atoms with van der Waals surface area (Å²) in [5.74, 6) is 0.788. The molecule has 1 heteroatoms. The lowest BCUT2D eigenvalue weighted by Gasteiger charge is -2.15. The minimum absolute atomic E-state index is 0.788. The molecule has 1 N–H and O–H groups in total. The summed E-state index contributed by atoms with van der Waals surface area (Å²) in [7, 11) is 0. The Bertz CT molecular complexity index is 516. The van der Waals surface area contributed by atoms with Gasteiger partial charge in [-0.2, -0.15) is 0 Å². The van der Waals surface area contributed by atoms with Crippen LogP contribution in [0.2, 0.25) is 0 Å². The maximum atomic E-state index is 3.77. The van der Waals surface area contributed by atoms with Crippen molar-refractivity contribution < 1.29 is 0 Å². The van der Waals surface area contributed by atoms with Gasteiger partial charge in [-0.05, 0) is 57.6 Å². The third kappa shape index (κ3) is 12.3. The second-order valence-electron chi connectivity index (χ2n) is 6.81. The predicted molar refractivity (Wildman–Crippen MR) is 115 cm³/mol. The first-order valence-corrected chi connectivity index (χ1v) is 9.75. The van der Waals surface area contributed by atoms with Gasteiger partial charge in [0, 0.05) is 11.4 Å². The molecule has 0 spiro atoms. The third-order valence-electron chi connectivity index (χ3n) is 4.13. The van der Waals surface area contributed by atoms with Crippen molar-refractivity contribution in [1.29, 1.82) is 0 Å². The minimum Gasteiger partial charge on any atom is -0.363 e. The van der Waals surface area contributed by atoms with E-state index in [2.05, 4.69) is 82.1 Å². The highest BCUT2D eigenvalue weighted by molar-refractivity contribution is 5.19. The first-order chi connectivity index (χ1) is 11.9. The topological polar surface area (TPSA) is 12.0 Å². The van der Waals surface area contributed by atoms with Crippen molar-refractivity contribution in [1.82, 2.24) is 5.32 Å². The maximum absolute atomic E-state index is 3.77. The molecule has 25 heavy (non-hydrogen) atoms. The van der Waals surface area contributed by atoms with E-state index < -0.39 is 0 Å². The molecular weight excluding hydrogens is 302 g/mol. The summed E-state index contributed by atoms with van der Waals surface area (Å²) in [5, 5.41) is 3.14. The summed E-state index contributed by atoms with van der Waals surface area (Å²) in [5.41, 5.74) is 5.02. The summed E-state index contributed by atoms with van der Waals surface area (Å²) in [4.78, 5) is 0. The van der Waals surface area contributed by atoms with Gasteiger partial charge in [0.15, 0.2) is 0 Å². The molecule has 0 fully saturated rings. The van der Waals surface area contributed by atoms with Crippen LogP contribution in [-0.2, 0) is 0 Å². The monoisotopic (exact) mass is 341 g/mol. The quantitative estimate of drug-likeness (QED) is 0.453. The largest absolute Gasteiger partial charge is 0.363 e. The van der Waals surface area contributed by atoms with E-state index in [1.54, 1.807) is 0 Å². The number of rotatable bonds is 9. The van der Waals surface area contributed by atoms with Gasteiger partial charge in [0.05, 0.1) is 0 Å². The molecule has 140 valence electrons. The fourth-order valence-corrected chi connectivity index (χ4v) is 2.66. The van der Waals surface area contributed by atoms with Gasteiger partial charge in [-0.15, -0.1) is 0 Å². The molecule has 0 bridgehead atoms. The number of allylic oxidation sites excluding steroid dienone is 5. The molecule has 0 atom stereocenters. The first-order valence-electron chi connectivity index (χ1n) is 9.75. The van der Waals surface area contributed by atoms with Crippen molar-refractivity contribution in [2.75, 3.05) is 0 Å². The third-order valence-corrected chi connectivity index (χ3v) is 4.13. The first kappa shape index (κ1) is 23.2. The van der Waals surface area contributed by atoms with E-state index in [1.807, 2.05) is 13.8 Å². The molecule has 0 aliphatic carbocycles. The normalized spacial score (nSPS) is 11.8. The Morgan fingerprint density at radius 2 is 1.52 bits per heavy atom. The Hall–Kier alpha value is -1.76. The van der Waals surface area contributed by atoms with Crippen LogP contribution in [0.15, 0.2) is 66.0 Å². The average molecular weight is 342 g/mol. The lowest BCUT2D eigenvalue weighted by atomic mass is 9.91. The molecule has 1 rings (SSSR count). The van der Waals surface area contributed by atoms with Crippen LogP contribution in [0.4, 0.5) is 0 Å². The molecule has 1 nitrogen and oxygen atoms in total. The zero-order valence-electron chi connectivity index (χ0n) is 17.4. The molecular formula is C24H39N. The van der Waals surface area contributed by atoms with Gasteiger partial charge in [-0.25, -0.2) is 0 Å². The molecule has 0 heterocycles. The number of hydrogen-bond acceptors (Lipinski definition) is 1. The Morgan fingerprint density at radius 1 is 0.960 bits per heavy atom. The zero-order valence-corrected chi connectivity index (χ0v) is 17.4. The van der Waals surface area contributed by atoms with Crippen molar-refractivity contribution in [2.24, 2.45) is 0 Å². The standard InChI is InChI=1S/C13H20.C11H19N/c1-3-8-12(9-4-2)13-10-6-5-7-11-13;1-6-10(4)7-8-11(5)12-9(2)3/h5-7,10-12H,3-4,8-9H2,1-2H3;7-8,12H,2,6H2,1,3-5H3/b;10-7+,11-8+. The van der Waals surface area contributed by atoms with E-state index in [-0.39, 0.29) is 0 Å². The van der Waals surface area contributed by atoms with Crippen molar-refractivity contribution in [3.63, 3.8) is 0 Å². The number of hydrogen-bond donors (Lipinski definition) is 1. The second-order valence-corrected chi connectivity index (χ2v) is 6.81. The van der Waals surface area contributed by atoms with E-state index >= 15 is 0 Å². The summed E-state index contributed by atoms with van der Waals surface area (Å²) < 4.78 is 0. The van der Waals surface area contributed by atoms with Crippen LogP contribution < -0.4 is 5.32 Å². The highest BCUT2D eigenvalue weighted by atomic mass is 14.9. The highest BCUT2D eigenvalue weighted by Crippen LogP contribution is 2.25. The Balaban J connectivity index is 0.000000463. The molecule has 0 saturated heterocycles. The van der Waals surface area contributed by atoms with E-state index in [1.165, 1.54) is 36.8 Å². The fourth-order valence-electron chi connectivity index (χ4n) is 2.66. The molecule has 1 aromatic carbocycles. The smallest absolute Gasteiger partial charge is 0.0116 e. The van der Waals surface area contributed by atoms with Gasteiger partial charge in [0.1, 0.15) is 0 Å². The van der Waals surface area contributed by atoms with Crippen LogP contribution in [0.5, 0.6) is 0 Å². The van der Waals surface area contributed by atoms with Crippen LogP contribution in [-0.4, -0.2) is 0 Å². The van der Waals surface area contributed by atoms with Crippen molar-refractivity contribution in [3.05, 3.63) is 71.6 Å². The second kappa shape index (κ2) is 14.6. The van der Waals surface area contributed by atoms with Gasteiger partial charge >= 0.3 is 0 Å². The zero-order chi connectivity index (χ0) is 19.1. The highest BCUT2D eigenvalue weighted by Gasteiger charge is 2.07. The van der Waals surface area contributed by atoms with Gasteiger partial charge in [0.25, 0.3) is 0 Å². The molecule has 1 aromatic rings. The van der Waals surface area contributed by atoms with Gasteiger partial charge in [0.2, 0.25) is 0 Å². The van der Waals surface area contributed by atoms with Crippen molar-refractivity contribution >= 4 is 0 Å². The van der Waals surface area contributed by atoms with Gasteiger partial charge in [-0.1, -0.05) is 82.2 Å². The number of benzene rings is 1. The molecule has 0 amide bonds. The van der Waals surface area contributed by atoms with Gasteiger partial charge < -0.3 is 5.32 Å². The molecule has 0 radical (unpaired) electrons. The lowest BCUT2D eigenvalue weighted by Crippen LogP contribution is -2.05. The Kier molecular flexibility index (Phi) is 13.5. The summed E-state index contributed by atoms with van der Waals surface area (Å²) in [6.45, 7) is 16.6. The van der Waals surface area contributed by atoms with E-state index in [0.29, 0.717) is 0 Å². The van der Waals surface area contributed by atoms with E-state index in [0.717, 1.165) is 23.7 Å². The fraction of sp³-hybridized carbons (Fsp3) is 0.500. The molecule has 0 unspecified atom stereocenters. The van der Waals surface area contributed by atoms with Gasteiger partial charge in [-0.3, -0.25) is 0 Å². The SMILES string of the molecule is C=C(C)N/C(C)=C/C=C(\C)CC.CCCC(CCC)c1ccccc1. The maximum Gasteiger partial charge on any atom is 0.0116 e. The van der Waals surface area contributed by atoms with Crippen LogP contribution in [0.1, 0.15) is 85.1 Å². The predicted octanol–water partition coefficient (Wildman–Crippen LogP) is 7.74. The van der Waals surface area contributed by atoms with E-state index in [4.69, 9.17) is 0 Å². The summed E-state index contributed by atoms with van der Waals surface area (Å²) in [6.07, 6.45) is 10.6. The molecule has 0 saturated carbocycles. The van der Waals surface area contributed by atoms with Crippen LogP contribution >= 0.6 is 0 Å². The van der Waals surface area contributed by atoms with Crippen LogP contribution in [0.25, 0.3) is 0 Å². The van der Waals surface area contributed by atoms with E-state index in [9.17, 15) is 0 Å². The summed E-state index contributed by atoms with van der Waals surface area (Å²) in [6, 6.07) is 10.9. The molecule has 0 aromatic heterocycles. The summed E-state index contributed by atoms with van der Waals surface area (Å²) >= 11 is 0. The average Bonchev–Trinajstić information content (AvgIpc) is 2.60. The Morgan fingerprint density at radius 3 is 1.96 bits per heavy atom. The van der Waals surface area contributed by atoms with Crippen molar-refractivity contribution in [3.8, 4) is 0 Å². The van der Waals surface area contributed by atoms with Crippen molar-refractivity contribution in [2.45, 2.75) is 79.6 Å².